The minimum absolute atomic E-state index is 0. The fourth-order valence-electron chi connectivity index (χ4n) is 2.75. The third-order valence-electron chi connectivity index (χ3n) is 4.10. The number of carbonyl (C=O) groups excluding carboxylic acids is 1. The second-order valence-corrected chi connectivity index (χ2v) is 7.12. The molecule has 0 amide bonds. The van der Waals surface area contributed by atoms with E-state index in [9.17, 15) is 9.18 Å². The molecule has 0 aliphatic carbocycles. The number of carbonyl (C=O) groups is 1. The number of methoxy groups -OCH3 is 1. The van der Waals surface area contributed by atoms with Crippen molar-refractivity contribution in [3.05, 3.63) is 59.4 Å². The SMILES string of the molecule is Br.COc1ccc(C(=O)CN(C2=NCCCS2)c2cccc(C)c2)c(F)c1. The maximum Gasteiger partial charge on any atom is 0.185 e. The summed E-state index contributed by atoms with van der Waals surface area (Å²) in [5.41, 5.74) is 2.04. The van der Waals surface area contributed by atoms with E-state index in [4.69, 9.17) is 4.74 Å². The van der Waals surface area contributed by atoms with Crippen LogP contribution >= 0.6 is 28.7 Å². The molecule has 0 saturated heterocycles. The van der Waals surface area contributed by atoms with Gasteiger partial charge in [0.25, 0.3) is 0 Å². The van der Waals surface area contributed by atoms with Crippen molar-refractivity contribution in [1.82, 2.24) is 0 Å². The first-order valence-electron chi connectivity index (χ1n) is 8.46. The quantitative estimate of drug-likeness (QED) is 0.604. The molecule has 1 heterocycles. The third-order valence-corrected chi connectivity index (χ3v) is 5.20. The number of Topliss-reactive ketones (excluding diaryl/α,β-unsaturated/α-hetero) is 1. The van der Waals surface area contributed by atoms with Crippen molar-refractivity contribution in [3.63, 3.8) is 0 Å². The third kappa shape index (κ3) is 5.32. The predicted molar refractivity (Wildman–Crippen MR) is 116 cm³/mol. The molecule has 0 aromatic heterocycles. The Morgan fingerprint density at radius 2 is 2.11 bits per heavy atom. The number of rotatable bonds is 5. The summed E-state index contributed by atoms with van der Waals surface area (Å²) in [5, 5.41) is 0.809. The summed E-state index contributed by atoms with van der Waals surface area (Å²) in [6.45, 7) is 2.79. The van der Waals surface area contributed by atoms with Gasteiger partial charge in [0.2, 0.25) is 0 Å². The van der Waals surface area contributed by atoms with Crippen LogP contribution in [0.2, 0.25) is 0 Å². The Hall–Kier alpha value is -1.86. The molecule has 0 N–H and O–H groups in total. The van der Waals surface area contributed by atoms with Crippen LogP contribution in [0.3, 0.4) is 0 Å². The number of benzene rings is 2. The summed E-state index contributed by atoms with van der Waals surface area (Å²) in [5.74, 6) is 0.491. The summed E-state index contributed by atoms with van der Waals surface area (Å²) in [6.07, 6.45) is 1.02. The number of amidine groups is 1. The smallest absolute Gasteiger partial charge is 0.185 e. The summed E-state index contributed by atoms with van der Waals surface area (Å²) < 4.78 is 19.3. The van der Waals surface area contributed by atoms with Gasteiger partial charge in [-0.05, 0) is 43.2 Å². The van der Waals surface area contributed by atoms with Crippen LogP contribution in [-0.2, 0) is 0 Å². The number of anilines is 1. The molecule has 0 bridgehead atoms. The highest BCUT2D eigenvalue weighted by molar-refractivity contribution is 8.93. The zero-order valence-electron chi connectivity index (χ0n) is 15.3. The van der Waals surface area contributed by atoms with E-state index in [-0.39, 0.29) is 34.9 Å². The average molecular weight is 453 g/mol. The van der Waals surface area contributed by atoms with Crippen LogP contribution in [-0.4, -0.2) is 36.9 Å². The average Bonchev–Trinajstić information content (AvgIpc) is 2.66. The fourth-order valence-corrected chi connectivity index (χ4v) is 3.72. The highest BCUT2D eigenvalue weighted by Crippen LogP contribution is 2.25. The lowest BCUT2D eigenvalue weighted by atomic mass is 10.1. The Morgan fingerprint density at radius 3 is 2.74 bits per heavy atom. The summed E-state index contributed by atoms with van der Waals surface area (Å²) in [7, 11) is 1.47. The van der Waals surface area contributed by atoms with Gasteiger partial charge in [0.15, 0.2) is 11.0 Å². The molecule has 3 rings (SSSR count). The van der Waals surface area contributed by atoms with E-state index in [0.29, 0.717) is 5.75 Å². The van der Waals surface area contributed by atoms with Gasteiger partial charge in [0.1, 0.15) is 11.6 Å². The fraction of sp³-hybridized carbons (Fsp3) is 0.300. The number of thioether (sulfide) groups is 1. The van der Waals surface area contributed by atoms with E-state index in [1.54, 1.807) is 17.8 Å². The number of nitrogens with zero attached hydrogens (tertiary/aromatic N) is 2. The molecule has 0 spiro atoms. The van der Waals surface area contributed by atoms with E-state index in [1.807, 2.05) is 36.1 Å². The van der Waals surface area contributed by atoms with Gasteiger partial charge in [-0.25, -0.2) is 4.39 Å². The highest BCUT2D eigenvalue weighted by atomic mass is 79.9. The van der Waals surface area contributed by atoms with Crippen LogP contribution < -0.4 is 9.64 Å². The van der Waals surface area contributed by atoms with Gasteiger partial charge in [-0.3, -0.25) is 9.79 Å². The minimum atomic E-state index is -0.572. The normalized spacial score (nSPS) is 13.4. The lowest BCUT2D eigenvalue weighted by molar-refractivity contribution is 0.0998. The second-order valence-electron chi connectivity index (χ2n) is 6.06. The first-order chi connectivity index (χ1) is 12.6. The van der Waals surface area contributed by atoms with Crippen molar-refractivity contribution in [1.29, 1.82) is 0 Å². The molecule has 7 heteroatoms. The number of aryl methyl sites for hydroxylation is 1. The van der Waals surface area contributed by atoms with Crippen LogP contribution in [0.5, 0.6) is 5.75 Å². The maximum atomic E-state index is 14.3. The van der Waals surface area contributed by atoms with Crippen molar-refractivity contribution < 1.29 is 13.9 Å². The molecule has 0 atom stereocenters. The van der Waals surface area contributed by atoms with Crippen molar-refractivity contribution in [3.8, 4) is 5.75 Å². The topological polar surface area (TPSA) is 41.9 Å². The molecular weight excluding hydrogens is 431 g/mol. The Bertz CT molecular complexity index is 844. The van der Waals surface area contributed by atoms with Gasteiger partial charge in [0, 0.05) is 24.1 Å². The molecule has 144 valence electrons. The Labute approximate surface area is 173 Å². The monoisotopic (exact) mass is 452 g/mol. The molecule has 2 aromatic carbocycles. The Kier molecular flexibility index (Phi) is 7.86. The number of hydrogen-bond donors (Lipinski definition) is 0. The van der Waals surface area contributed by atoms with Crippen molar-refractivity contribution in [2.75, 3.05) is 30.9 Å². The maximum absolute atomic E-state index is 14.3. The lowest BCUT2D eigenvalue weighted by Gasteiger charge is -2.27. The molecular formula is C20H22BrFN2O2S. The van der Waals surface area contributed by atoms with Gasteiger partial charge in [0.05, 0.1) is 19.2 Å². The molecule has 1 aliphatic rings. The van der Waals surface area contributed by atoms with Crippen LogP contribution in [0.4, 0.5) is 10.1 Å². The van der Waals surface area contributed by atoms with Crippen molar-refractivity contribution in [2.45, 2.75) is 13.3 Å². The first-order valence-corrected chi connectivity index (χ1v) is 9.45. The second kappa shape index (κ2) is 9.90. The van der Waals surface area contributed by atoms with Crippen LogP contribution in [0.15, 0.2) is 47.5 Å². The van der Waals surface area contributed by atoms with Crippen molar-refractivity contribution in [2.24, 2.45) is 4.99 Å². The molecule has 0 saturated carbocycles. The van der Waals surface area contributed by atoms with E-state index in [2.05, 4.69) is 4.99 Å². The summed E-state index contributed by atoms with van der Waals surface area (Å²) in [6, 6.07) is 12.2. The predicted octanol–water partition coefficient (Wildman–Crippen LogP) is 4.90. The summed E-state index contributed by atoms with van der Waals surface area (Å²) in [4.78, 5) is 19.2. The molecule has 2 aromatic rings. The molecule has 0 fully saturated rings. The van der Waals surface area contributed by atoms with Crippen LogP contribution in [0, 0.1) is 12.7 Å². The van der Waals surface area contributed by atoms with Gasteiger partial charge in [-0.2, -0.15) is 0 Å². The number of aliphatic imine (C=N–C) groups is 1. The number of ether oxygens (including phenoxy) is 1. The van der Waals surface area contributed by atoms with E-state index in [0.717, 1.165) is 35.1 Å². The zero-order valence-corrected chi connectivity index (χ0v) is 17.8. The molecule has 0 unspecified atom stereocenters. The van der Waals surface area contributed by atoms with Gasteiger partial charge < -0.3 is 9.64 Å². The lowest BCUT2D eigenvalue weighted by Crippen LogP contribution is -2.35. The molecule has 27 heavy (non-hydrogen) atoms. The van der Waals surface area contributed by atoms with Gasteiger partial charge in [-0.1, -0.05) is 23.9 Å². The van der Waals surface area contributed by atoms with Crippen LogP contribution in [0.1, 0.15) is 22.3 Å². The van der Waals surface area contributed by atoms with E-state index in [1.165, 1.54) is 19.2 Å². The highest BCUT2D eigenvalue weighted by Gasteiger charge is 2.22. The molecule has 1 aliphatic heterocycles. The Morgan fingerprint density at radius 1 is 1.30 bits per heavy atom. The molecule has 0 radical (unpaired) electrons. The van der Waals surface area contributed by atoms with E-state index < -0.39 is 5.82 Å². The van der Waals surface area contributed by atoms with E-state index >= 15 is 0 Å². The standard InChI is InChI=1S/C20H21FN2O2S.BrH/c1-14-5-3-6-15(11-14)23(20-22-9-4-10-26-20)13-19(24)17-8-7-16(25-2)12-18(17)21;/h3,5-8,11-12H,4,9-10,13H2,1-2H3;1H. The summed E-state index contributed by atoms with van der Waals surface area (Å²) >= 11 is 1.63. The first kappa shape index (κ1) is 21.4. The Balaban J connectivity index is 0.00000261. The number of hydrogen-bond acceptors (Lipinski definition) is 5. The van der Waals surface area contributed by atoms with Gasteiger partial charge >= 0.3 is 0 Å². The largest absolute Gasteiger partial charge is 0.497 e. The zero-order chi connectivity index (χ0) is 18.5. The number of ketones is 1. The van der Waals surface area contributed by atoms with Crippen molar-refractivity contribution >= 4 is 45.4 Å². The van der Waals surface area contributed by atoms with Crippen LogP contribution in [0.25, 0.3) is 0 Å². The van der Waals surface area contributed by atoms with Gasteiger partial charge in [-0.15, -0.1) is 17.0 Å². The number of halogens is 2. The minimum Gasteiger partial charge on any atom is -0.497 e. The molecule has 4 nitrogen and oxygen atoms in total.